The third kappa shape index (κ3) is 4.45. The van der Waals surface area contributed by atoms with Crippen molar-refractivity contribution in [2.45, 2.75) is 24.0 Å². The monoisotopic (exact) mass is 498 g/mol. The highest BCUT2D eigenvalue weighted by Crippen LogP contribution is 2.38. The number of nitrogens with one attached hydrogen (secondary N) is 1. The van der Waals surface area contributed by atoms with Gasteiger partial charge in [-0.25, -0.2) is 13.4 Å². The molecule has 0 unspecified atom stereocenters. The van der Waals surface area contributed by atoms with Gasteiger partial charge in [0.15, 0.2) is 9.84 Å². The zero-order valence-corrected chi connectivity index (χ0v) is 21.4. The zero-order chi connectivity index (χ0) is 24.7. The first-order valence-corrected chi connectivity index (χ1v) is 14.8. The molecule has 0 aliphatic carbocycles. The van der Waals surface area contributed by atoms with Gasteiger partial charge in [-0.15, -0.1) is 0 Å². The summed E-state index contributed by atoms with van der Waals surface area (Å²) in [6, 6.07) is 14.1. The van der Waals surface area contributed by atoms with Crippen molar-refractivity contribution in [2.75, 3.05) is 25.8 Å². The number of hydrogen-bond acceptors (Lipinski definition) is 7. The summed E-state index contributed by atoms with van der Waals surface area (Å²) >= 11 is 0. The fourth-order valence-corrected chi connectivity index (χ4v) is 5.66. The van der Waals surface area contributed by atoms with Gasteiger partial charge in [0.25, 0.3) is 0 Å². The van der Waals surface area contributed by atoms with Gasteiger partial charge < -0.3 is 14.6 Å². The van der Waals surface area contributed by atoms with Gasteiger partial charge in [0.05, 0.1) is 28.6 Å². The van der Waals surface area contributed by atoms with Gasteiger partial charge in [-0.2, -0.15) is 4.98 Å². The van der Waals surface area contributed by atoms with E-state index in [0.717, 1.165) is 5.39 Å². The standard InChI is InChI=1S/C24H27N4O4PS/c1-16(2)34(30,31)22-9-7-6-8-20(22)28-13-12-17-15-25-24(27-23(17)28)26-19-11-10-18(33(4,5)29)14-21(19)32-3/h6-16H,1-5H3,(H,25,26,27). The summed E-state index contributed by atoms with van der Waals surface area (Å²) in [5.41, 5.74) is 1.71. The Kier molecular flexibility index (Phi) is 6.27. The van der Waals surface area contributed by atoms with E-state index in [1.807, 2.05) is 6.07 Å². The van der Waals surface area contributed by atoms with Gasteiger partial charge in [-0.1, -0.05) is 12.1 Å². The van der Waals surface area contributed by atoms with Crippen LogP contribution in [0.4, 0.5) is 11.6 Å². The maximum absolute atomic E-state index is 13.0. The lowest BCUT2D eigenvalue weighted by Crippen LogP contribution is -2.16. The van der Waals surface area contributed by atoms with Gasteiger partial charge in [-0.05, 0) is 63.6 Å². The van der Waals surface area contributed by atoms with E-state index in [1.165, 1.54) is 0 Å². The molecule has 34 heavy (non-hydrogen) atoms. The minimum absolute atomic E-state index is 0.247. The summed E-state index contributed by atoms with van der Waals surface area (Å²) in [6.07, 6.45) is 3.46. The highest BCUT2D eigenvalue weighted by molar-refractivity contribution is 7.92. The second kappa shape index (κ2) is 8.89. The summed E-state index contributed by atoms with van der Waals surface area (Å²) in [5, 5.41) is 4.08. The third-order valence-corrected chi connectivity index (χ3v) is 9.25. The van der Waals surface area contributed by atoms with Crippen molar-refractivity contribution >= 4 is 45.0 Å². The van der Waals surface area contributed by atoms with Crippen LogP contribution in [0.1, 0.15) is 13.8 Å². The molecule has 0 spiro atoms. The van der Waals surface area contributed by atoms with Gasteiger partial charge >= 0.3 is 0 Å². The van der Waals surface area contributed by atoms with Crippen LogP contribution in [-0.2, 0) is 14.4 Å². The molecule has 2 aromatic heterocycles. The third-order valence-electron chi connectivity index (χ3n) is 5.53. The fourth-order valence-electron chi connectivity index (χ4n) is 3.56. The Hall–Kier alpha value is -3.16. The van der Waals surface area contributed by atoms with Crippen molar-refractivity contribution in [2.24, 2.45) is 0 Å². The predicted molar refractivity (Wildman–Crippen MR) is 137 cm³/mol. The second-order valence-corrected chi connectivity index (χ2v) is 14.3. The SMILES string of the molecule is COc1cc(P(C)(C)=O)ccc1Nc1ncc2ccn(-c3ccccc3S(=O)(=O)C(C)C)c2n1. The molecule has 178 valence electrons. The zero-order valence-electron chi connectivity index (χ0n) is 19.7. The summed E-state index contributed by atoms with van der Waals surface area (Å²) in [5.74, 6) is 0.841. The van der Waals surface area contributed by atoms with Crippen LogP contribution >= 0.6 is 7.14 Å². The quantitative estimate of drug-likeness (QED) is 0.371. The van der Waals surface area contributed by atoms with Crippen LogP contribution in [0.25, 0.3) is 16.7 Å². The number of ether oxygens (including phenoxy) is 1. The lowest BCUT2D eigenvalue weighted by molar-refractivity contribution is 0.417. The number of fused-ring (bicyclic) bond motifs is 1. The molecule has 0 atom stereocenters. The first kappa shape index (κ1) is 24.0. The Morgan fingerprint density at radius 1 is 1.09 bits per heavy atom. The Labute approximate surface area is 199 Å². The summed E-state index contributed by atoms with van der Waals surface area (Å²) < 4.78 is 45.6. The van der Waals surface area contributed by atoms with E-state index in [-0.39, 0.29) is 4.90 Å². The molecule has 0 saturated heterocycles. The fraction of sp³-hybridized carbons (Fsp3) is 0.250. The maximum atomic E-state index is 13.0. The average molecular weight is 499 g/mol. The molecule has 1 N–H and O–H groups in total. The number of anilines is 2. The van der Waals surface area contributed by atoms with E-state index in [1.54, 1.807) is 93.7 Å². The number of benzene rings is 2. The van der Waals surface area contributed by atoms with Crippen molar-refractivity contribution in [3.8, 4) is 11.4 Å². The summed E-state index contributed by atoms with van der Waals surface area (Å²) in [4.78, 5) is 9.29. The van der Waals surface area contributed by atoms with Gasteiger partial charge in [-0.3, -0.25) is 4.57 Å². The van der Waals surface area contributed by atoms with E-state index in [2.05, 4.69) is 15.3 Å². The van der Waals surface area contributed by atoms with Crippen molar-refractivity contribution in [3.05, 3.63) is 60.9 Å². The number of rotatable bonds is 7. The molecule has 0 aliphatic heterocycles. The van der Waals surface area contributed by atoms with Gasteiger partial charge in [0.2, 0.25) is 5.95 Å². The predicted octanol–water partition coefficient (Wildman–Crippen LogP) is 4.60. The minimum Gasteiger partial charge on any atom is -0.495 e. The Bertz CT molecular complexity index is 1520. The van der Waals surface area contributed by atoms with Crippen LogP contribution in [-0.4, -0.2) is 48.6 Å². The number of para-hydroxylation sites is 1. The first-order chi connectivity index (χ1) is 16.0. The molecular formula is C24H27N4O4PS. The van der Waals surface area contributed by atoms with Crippen molar-refractivity contribution < 1.29 is 17.7 Å². The second-order valence-electron chi connectivity index (χ2n) is 8.58. The van der Waals surface area contributed by atoms with E-state index in [4.69, 9.17) is 4.74 Å². The lowest BCUT2D eigenvalue weighted by Gasteiger charge is -2.15. The molecule has 0 amide bonds. The van der Waals surface area contributed by atoms with E-state index < -0.39 is 22.2 Å². The molecule has 0 bridgehead atoms. The Morgan fingerprint density at radius 3 is 2.50 bits per heavy atom. The average Bonchev–Trinajstić information content (AvgIpc) is 3.21. The number of hydrogen-bond donors (Lipinski definition) is 1. The van der Waals surface area contributed by atoms with Crippen molar-refractivity contribution in [3.63, 3.8) is 0 Å². The van der Waals surface area contributed by atoms with Crippen LogP contribution in [0.5, 0.6) is 5.75 Å². The number of sulfone groups is 1. The molecule has 8 nitrogen and oxygen atoms in total. The number of nitrogens with zero attached hydrogens (tertiary/aromatic N) is 3. The van der Waals surface area contributed by atoms with Crippen LogP contribution in [0.3, 0.4) is 0 Å². The molecule has 4 aromatic rings. The van der Waals surface area contributed by atoms with Crippen LogP contribution in [0.15, 0.2) is 65.8 Å². The molecule has 4 rings (SSSR count). The van der Waals surface area contributed by atoms with E-state index >= 15 is 0 Å². The first-order valence-electron chi connectivity index (χ1n) is 10.7. The smallest absolute Gasteiger partial charge is 0.229 e. The molecule has 0 saturated carbocycles. The summed E-state index contributed by atoms with van der Waals surface area (Å²) in [6.45, 7) is 6.74. The van der Waals surface area contributed by atoms with Crippen molar-refractivity contribution in [1.29, 1.82) is 0 Å². The molecule has 2 heterocycles. The maximum Gasteiger partial charge on any atom is 0.229 e. The number of methoxy groups -OCH3 is 1. The molecule has 0 radical (unpaired) electrons. The molecular weight excluding hydrogens is 471 g/mol. The summed E-state index contributed by atoms with van der Waals surface area (Å²) in [7, 11) is -4.40. The molecule has 2 aromatic carbocycles. The highest BCUT2D eigenvalue weighted by atomic mass is 32.2. The van der Waals surface area contributed by atoms with Crippen LogP contribution in [0, 0.1) is 0 Å². The minimum atomic E-state index is -3.51. The van der Waals surface area contributed by atoms with Gasteiger partial charge in [0, 0.05) is 23.1 Å². The molecule has 0 fully saturated rings. The van der Waals surface area contributed by atoms with Crippen LogP contribution in [0.2, 0.25) is 0 Å². The van der Waals surface area contributed by atoms with E-state index in [9.17, 15) is 13.0 Å². The lowest BCUT2D eigenvalue weighted by atomic mass is 10.3. The highest BCUT2D eigenvalue weighted by Gasteiger charge is 2.24. The molecule has 10 heteroatoms. The topological polar surface area (TPSA) is 103 Å². The van der Waals surface area contributed by atoms with Gasteiger partial charge in [0.1, 0.15) is 18.5 Å². The Balaban J connectivity index is 1.79. The largest absolute Gasteiger partial charge is 0.495 e. The molecule has 0 aliphatic rings. The normalized spacial score (nSPS) is 12.3. The Morgan fingerprint density at radius 2 is 1.82 bits per heavy atom. The number of aromatic nitrogens is 3. The van der Waals surface area contributed by atoms with Crippen LogP contribution < -0.4 is 15.4 Å². The van der Waals surface area contributed by atoms with E-state index in [0.29, 0.717) is 34.0 Å². The van der Waals surface area contributed by atoms with Crippen molar-refractivity contribution in [1.82, 2.24) is 14.5 Å².